The Morgan fingerprint density at radius 2 is 2.21 bits per heavy atom. The first-order valence-corrected chi connectivity index (χ1v) is 9.15. The van der Waals surface area contributed by atoms with E-state index in [1.54, 1.807) is 0 Å². The molecule has 3 rings (SSSR count). The molecule has 2 fully saturated rings. The molecule has 2 heterocycles. The molecular weight excluding hydrogens is 304 g/mol. The van der Waals surface area contributed by atoms with Gasteiger partial charge < -0.3 is 20.1 Å². The number of benzene rings is 1. The van der Waals surface area contributed by atoms with Gasteiger partial charge in [0.05, 0.1) is 11.8 Å². The van der Waals surface area contributed by atoms with E-state index >= 15 is 0 Å². The molecule has 0 radical (unpaired) electrons. The fourth-order valence-corrected chi connectivity index (χ4v) is 3.33. The first-order valence-electron chi connectivity index (χ1n) is 9.15. The summed E-state index contributed by atoms with van der Waals surface area (Å²) in [6, 6.07) is 7.64. The maximum atomic E-state index is 12.2. The van der Waals surface area contributed by atoms with Crippen LogP contribution in [0.4, 0.5) is 5.69 Å². The van der Waals surface area contributed by atoms with E-state index in [9.17, 15) is 4.79 Å². The van der Waals surface area contributed by atoms with E-state index in [4.69, 9.17) is 9.47 Å². The largest absolute Gasteiger partial charge is 0.489 e. The van der Waals surface area contributed by atoms with Crippen LogP contribution in [0.3, 0.4) is 0 Å². The lowest BCUT2D eigenvalue weighted by atomic mass is 10.0. The predicted molar refractivity (Wildman–Crippen MR) is 94.4 cm³/mol. The third kappa shape index (κ3) is 5.21. The average molecular weight is 332 g/mol. The van der Waals surface area contributed by atoms with Gasteiger partial charge in [-0.05, 0) is 63.2 Å². The Kier molecular flexibility index (Phi) is 6.49. The first-order chi connectivity index (χ1) is 11.8. The molecule has 1 aromatic carbocycles. The van der Waals surface area contributed by atoms with E-state index < -0.39 is 0 Å². The van der Waals surface area contributed by atoms with Crippen molar-refractivity contribution in [3.63, 3.8) is 0 Å². The number of carbonyl (C=O) groups excluding carboxylic acids is 1. The van der Waals surface area contributed by atoms with Crippen molar-refractivity contribution >= 4 is 11.6 Å². The second-order valence-corrected chi connectivity index (χ2v) is 6.74. The molecule has 0 saturated carbocycles. The third-order valence-electron chi connectivity index (χ3n) is 4.80. The monoisotopic (exact) mass is 332 g/mol. The Labute approximate surface area is 144 Å². The van der Waals surface area contributed by atoms with E-state index in [-0.39, 0.29) is 12.0 Å². The van der Waals surface area contributed by atoms with E-state index in [1.807, 2.05) is 24.3 Å². The molecule has 0 aromatic heterocycles. The summed E-state index contributed by atoms with van der Waals surface area (Å²) in [4.78, 5) is 12.2. The van der Waals surface area contributed by atoms with Gasteiger partial charge in [-0.15, -0.1) is 0 Å². The van der Waals surface area contributed by atoms with E-state index in [1.165, 1.54) is 12.8 Å². The van der Waals surface area contributed by atoms with Crippen molar-refractivity contribution in [3.05, 3.63) is 24.3 Å². The minimum atomic E-state index is 0.0619. The lowest BCUT2D eigenvalue weighted by molar-refractivity contribution is -0.116. The Balaban J connectivity index is 1.48. The van der Waals surface area contributed by atoms with Crippen molar-refractivity contribution in [1.82, 2.24) is 5.32 Å². The van der Waals surface area contributed by atoms with Crippen LogP contribution >= 0.6 is 0 Å². The quantitative estimate of drug-likeness (QED) is 0.806. The number of amides is 1. The topological polar surface area (TPSA) is 59.6 Å². The molecule has 2 N–H and O–H groups in total. The molecule has 1 amide bonds. The third-order valence-corrected chi connectivity index (χ3v) is 4.80. The molecule has 0 bridgehead atoms. The second kappa shape index (κ2) is 9.04. The van der Waals surface area contributed by atoms with Gasteiger partial charge in [0.2, 0.25) is 5.91 Å². The van der Waals surface area contributed by atoms with Crippen molar-refractivity contribution < 1.29 is 14.3 Å². The molecule has 24 heavy (non-hydrogen) atoms. The number of ether oxygens (including phenoxy) is 2. The summed E-state index contributed by atoms with van der Waals surface area (Å²) >= 11 is 0. The second-order valence-electron chi connectivity index (χ2n) is 6.74. The molecule has 0 aliphatic carbocycles. The molecule has 5 nitrogen and oxygen atoms in total. The molecule has 2 unspecified atom stereocenters. The molecule has 2 aliphatic rings. The van der Waals surface area contributed by atoms with Gasteiger partial charge in [-0.1, -0.05) is 12.1 Å². The Bertz CT molecular complexity index is 523. The summed E-state index contributed by atoms with van der Waals surface area (Å²) in [5.41, 5.74) is 0.753. The van der Waals surface area contributed by atoms with Gasteiger partial charge in [-0.2, -0.15) is 0 Å². The molecule has 5 heteroatoms. The number of para-hydroxylation sites is 2. The average Bonchev–Trinajstić information content (AvgIpc) is 3.14. The van der Waals surface area contributed by atoms with Gasteiger partial charge in [-0.25, -0.2) is 0 Å². The van der Waals surface area contributed by atoms with Crippen LogP contribution in [-0.4, -0.2) is 38.3 Å². The lowest BCUT2D eigenvalue weighted by Crippen LogP contribution is -2.26. The molecular formula is C19H28N2O3. The summed E-state index contributed by atoms with van der Waals surface area (Å²) in [7, 11) is 0. The number of carbonyl (C=O) groups is 1. The predicted octanol–water partition coefficient (Wildman–Crippen LogP) is 2.96. The first kappa shape index (κ1) is 17.2. The Morgan fingerprint density at radius 3 is 3.00 bits per heavy atom. The highest BCUT2D eigenvalue weighted by molar-refractivity contribution is 5.92. The zero-order chi connectivity index (χ0) is 16.6. The van der Waals surface area contributed by atoms with E-state index in [0.29, 0.717) is 18.9 Å². The van der Waals surface area contributed by atoms with Crippen molar-refractivity contribution in [3.8, 4) is 5.75 Å². The summed E-state index contributed by atoms with van der Waals surface area (Å²) in [6.07, 6.45) is 6.22. The summed E-state index contributed by atoms with van der Waals surface area (Å²) in [5.74, 6) is 1.42. The van der Waals surface area contributed by atoms with Crippen LogP contribution in [0.2, 0.25) is 0 Å². The van der Waals surface area contributed by atoms with Gasteiger partial charge in [0.25, 0.3) is 0 Å². The van der Waals surface area contributed by atoms with Gasteiger partial charge in [0, 0.05) is 13.0 Å². The highest BCUT2D eigenvalue weighted by Crippen LogP contribution is 2.25. The maximum absolute atomic E-state index is 12.2. The fraction of sp³-hybridized carbons (Fsp3) is 0.632. The minimum Gasteiger partial charge on any atom is -0.489 e. The van der Waals surface area contributed by atoms with Crippen molar-refractivity contribution in [1.29, 1.82) is 0 Å². The number of hydrogen-bond acceptors (Lipinski definition) is 4. The summed E-state index contributed by atoms with van der Waals surface area (Å²) < 4.78 is 11.6. The lowest BCUT2D eigenvalue weighted by Gasteiger charge is -2.23. The van der Waals surface area contributed by atoms with Crippen molar-refractivity contribution in [2.45, 2.75) is 44.6 Å². The molecule has 2 saturated heterocycles. The van der Waals surface area contributed by atoms with Gasteiger partial charge in [-0.3, -0.25) is 4.79 Å². The minimum absolute atomic E-state index is 0.0619. The van der Waals surface area contributed by atoms with Crippen LogP contribution in [0.15, 0.2) is 24.3 Å². The van der Waals surface area contributed by atoms with Crippen LogP contribution in [0.25, 0.3) is 0 Å². The van der Waals surface area contributed by atoms with Crippen LogP contribution < -0.4 is 15.4 Å². The Hall–Kier alpha value is -1.59. The normalized spacial score (nSPS) is 23.8. The summed E-state index contributed by atoms with van der Waals surface area (Å²) in [6.45, 7) is 3.48. The van der Waals surface area contributed by atoms with Crippen LogP contribution in [0.1, 0.15) is 38.5 Å². The molecule has 1 aromatic rings. The number of nitrogens with one attached hydrogen (secondary N) is 2. The van der Waals surface area contributed by atoms with Crippen molar-refractivity contribution in [2.24, 2.45) is 5.92 Å². The smallest absolute Gasteiger partial charge is 0.224 e. The van der Waals surface area contributed by atoms with Gasteiger partial charge in [0.15, 0.2) is 0 Å². The molecule has 132 valence electrons. The maximum Gasteiger partial charge on any atom is 0.224 e. The zero-order valence-corrected chi connectivity index (χ0v) is 14.3. The molecule has 0 spiro atoms. The van der Waals surface area contributed by atoms with Gasteiger partial charge >= 0.3 is 0 Å². The standard InChI is InChI=1S/C19H28N2O3/c22-19(9-8-15-10-11-20-13-15)21-17-6-1-2-7-18(17)24-14-16-5-3-4-12-23-16/h1-2,6-7,15-16,20H,3-5,8-14H2,(H,21,22). The number of hydrogen-bond donors (Lipinski definition) is 2. The molecule has 2 atom stereocenters. The summed E-state index contributed by atoms with van der Waals surface area (Å²) in [5, 5.41) is 6.34. The Morgan fingerprint density at radius 1 is 1.29 bits per heavy atom. The van der Waals surface area contributed by atoms with Crippen LogP contribution in [0.5, 0.6) is 5.75 Å². The fourth-order valence-electron chi connectivity index (χ4n) is 3.33. The van der Waals surface area contributed by atoms with Gasteiger partial charge in [0.1, 0.15) is 12.4 Å². The SMILES string of the molecule is O=C(CCC1CCNC1)Nc1ccccc1OCC1CCCCO1. The van der Waals surface area contributed by atoms with Crippen LogP contribution in [-0.2, 0) is 9.53 Å². The number of anilines is 1. The zero-order valence-electron chi connectivity index (χ0n) is 14.3. The van der Waals surface area contributed by atoms with E-state index in [2.05, 4.69) is 10.6 Å². The molecule has 2 aliphatic heterocycles. The number of rotatable bonds is 7. The highest BCUT2D eigenvalue weighted by Gasteiger charge is 2.17. The van der Waals surface area contributed by atoms with E-state index in [0.717, 1.165) is 50.4 Å². The van der Waals surface area contributed by atoms with Crippen LogP contribution in [0, 0.1) is 5.92 Å². The highest BCUT2D eigenvalue weighted by atomic mass is 16.5. The van der Waals surface area contributed by atoms with Crippen molar-refractivity contribution in [2.75, 3.05) is 31.6 Å².